The Kier molecular flexibility index (Phi) is 6.73. The molecule has 2 aromatic carbocycles. The fourth-order valence-corrected chi connectivity index (χ4v) is 3.60. The first-order valence-electron chi connectivity index (χ1n) is 10.3. The quantitative estimate of drug-likeness (QED) is 0.727. The van der Waals surface area contributed by atoms with Crippen LogP contribution in [0.15, 0.2) is 66.2 Å². The van der Waals surface area contributed by atoms with Crippen LogP contribution in [0.25, 0.3) is 11.1 Å². The normalized spacial score (nSPS) is 18.1. The van der Waals surface area contributed by atoms with Gasteiger partial charge in [0.05, 0.1) is 6.04 Å². The number of nitrogens with zero attached hydrogens (tertiary/aromatic N) is 1. The summed E-state index contributed by atoms with van der Waals surface area (Å²) >= 11 is 0. The molecule has 0 radical (unpaired) electrons. The molecular formula is C25H29NO4. The van der Waals surface area contributed by atoms with Crippen molar-refractivity contribution in [2.45, 2.75) is 51.7 Å². The van der Waals surface area contributed by atoms with Crippen molar-refractivity contribution in [3.05, 3.63) is 71.8 Å². The minimum absolute atomic E-state index is 0.0329. The Morgan fingerprint density at radius 1 is 1.10 bits per heavy atom. The third-order valence-electron chi connectivity index (χ3n) is 4.96. The average Bonchev–Trinajstić information content (AvgIpc) is 3.01. The predicted octanol–water partition coefficient (Wildman–Crippen LogP) is 4.74. The Labute approximate surface area is 178 Å². The number of aliphatic hydroxyl groups excluding tert-OH is 1. The summed E-state index contributed by atoms with van der Waals surface area (Å²) in [5.41, 5.74) is 3.18. The molecule has 2 amide bonds. The van der Waals surface area contributed by atoms with Crippen molar-refractivity contribution in [2.24, 2.45) is 0 Å². The number of amides is 2. The van der Waals surface area contributed by atoms with Crippen molar-refractivity contribution in [1.29, 1.82) is 0 Å². The van der Waals surface area contributed by atoms with E-state index in [1.165, 1.54) is 4.90 Å². The summed E-state index contributed by atoms with van der Waals surface area (Å²) in [7, 11) is 0. The number of aliphatic hydroxyl groups is 1. The smallest absolute Gasteiger partial charge is 0.417 e. The van der Waals surface area contributed by atoms with E-state index in [9.17, 15) is 9.59 Å². The lowest BCUT2D eigenvalue weighted by Gasteiger charge is -2.27. The van der Waals surface area contributed by atoms with Crippen LogP contribution in [0, 0.1) is 0 Å². The van der Waals surface area contributed by atoms with Gasteiger partial charge in [0.15, 0.2) is 0 Å². The maximum absolute atomic E-state index is 12.9. The SMILES string of the molecule is CC(C)(C)OC(=O)N1C(=O)/C(=C/CCO)CC1Cc1ccc(-c2ccccc2)cc1. The van der Waals surface area contributed by atoms with Crippen molar-refractivity contribution < 1.29 is 19.4 Å². The molecule has 0 aliphatic carbocycles. The lowest BCUT2D eigenvalue weighted by molar-refractivity contribution is -0.125. The summed E-state index contributed by atoms with van der Waals surface area (Å²) in [4.78, 5) is 26.8. The molecule has 30 heavy (non-hydrogen) atoms. The zero-order valence-corrected chi connectivity index (χ0v) is 17.8. The summed E-state index contributed by atoms with van der Waals surface area (Å²) < 4.78 is 5.48. The van der Waals surface area contributed by atoms with Crippen LogP contribution in [0.2, 0.25) is 0 Å². The number of likely N-dealkylation sites (tertiary alicyclic amines) is 1. The number of ether oxygens (including phenoxy) is 1. The Morgan fingerprint density at radius 2 is 1.73 bits per heavy atom. The van der Waals surface area contributed by atoms with Crippen LogP contribution in [0.4, 0.5) is 4.79 Å². The molecule has 5 nitrogen and oxygen atoms in total. The molecule has 0 spiro atoms. The second-order valence-corrected chi connectivity index (χ2v) is 8.52. The first-order chi connectivity index (χ1) is 14.3. The lowest BCUT2D eigenvalue weighted by atomic mass is 9.99. The van der Waals surface area contributed by atoms with Gasteiger partial charge in [0.2, 0.25) is 0 Å². The number of rotatable bonds is 5. The van der Waals surface area contributed by atoms with Crippen LogP contribution in [-0.4, -0.2) is 40.3 Å². The van der Waals surface area contributed by atoms with Gasteiger partial charge < -0.3 is 9.84 Å². The highest BCUT2D eigenvalue weighted by Crippen LogP contribution is 2.30. The summed E-state index contributed by atoms with van der Waals surface area (Å²) in [6.07, 6.45) is 2.50. The molecular weight excluding hydrogens is 378 g/mol. The average molecular weight is 408 g/mol. The van der Waals surface area contributed by atoms with E-state index >= 15 is 0 Å². The first-order valence-corrected chi connectivity index (χ1v) is 10.3. The molecule has 0 saturated carbocycles. The molecule has 2 aromatic rings. The van der Waals surface area contributed by atoms with Crippen LogP contribution in [0.5, 0.6) is 0 Å². The topological polar surface area (TPSA) is 66.8 Å². The van der Waals surface area contributed by atoms with Gasteiger partial charge in [-0.15, -0.1) is 0 Å². The number of carbonyl (C=O) groups is 2. The molecule has 1 fully saturated rings. The highest BCUT2D eigenvalue weighted by molar-refractivity contribution is 6.05. The minimum atomic E-state index is -0.684. The van der Waals surface area contributed by atoms with Crippen molar-refractivity contribution in [3.8, 4) is 11.1 Å². The van der Waals surface area contributed by atoms with E-state index in [4.69, 9.17) is 9.84 Å². The monoisotopic (exact) mass is 407 g/mol. The zero-order chi connectivity index (χ0) is 21.7. The molecule has 1 atom stereocenters. The highest BCUT2D eigenvalue weighted by atomic mass is 16.6. The fourth-order valence-electron chi connectivity index (χ4n) is 3.60. The van der Waals surface area contributed by atoms with E-state index < -0.39 is 11.7 Å². The van der Waals surface area contributed by atoms with E-state index in [-0.39, 0.29) is 18.6 Å². The van der Waals surface area contributed by atoms with Gasteiger partial charge in [-0.2, -0.15) is 0 Å². The van der Waals surface area contributed by atoms with Gasteiger partial charge in [-0.3, -0.25) is 4.79 Å². The summed E-state index contributed by atoms with van der Waals surface area (Å²) in [5, 5.41) is 9.10. The zero-order valence-electron chi connectivity index (χ0n) is 17.8. The summed E-state index contributed by atoms with van der Waals surface area (Å²) in [6, 6.07) is 18.0. The van der Waals surface area contributed by atoms with Crippen LogP contribution in [0.3, 0.4) is 0 Å². The number of hydrogen-bond donors (Lipinski definition) is 1. The first kappa shape index (κ1) is 21.8. The van der Waals surface area contributed by atoms with E-state index in [1.807, 2.05) is 30.3 Å². The number of benzene rings is 2. The summed E-state index contributed by atoms with van der Waals surface area (Å²) in [6.45, 7) is 5.32. The highest BCUT2D eigenvalue weighted by Gasteiger charge is 2.41. The van der Waals surface area contributed by atoms with E-state index in [0.717, 1.165) is 16.7 Å². The van der Waals surface area contributed by atoms with E-state index in [2.05, 4.69) is 24.3 Å². The second-order valence-electron chi connectivity index (χ2n) is 8.52. The standard InChI is InChI=1S/C25H29NO4/c1-25(2,3)30-24(29)26-22(17-21(23(26)28)10-7-15-27)16-18-11-13-20(14-12-18)19-8-5-4-6-9-19/h4-6,8-14,22,27H,7,15-17H2,1-3H3/b21-10+. The van der Waals surface area contributed by atoms with Crippen LogP contribution in [-0.2, 0) is 16.0 Å². The van der Waals surface area contributed by atoms with E-state index in [0.29, 0.717) is 24.8 Å². The third-order valence-corrected chi connectivity index (χ3v) is 4.96. The predicted molar refractivity (Wildman–Crippen MR) is 117 cm³/mol. The lowest BCUT2D eigenvalue weighted by Crippen LogP contribution is -2.43. The molecule has 3 rings (SSSR count). The largest absolute Gasteiger partial charge is 0.443 e. The van der Waals surface area contributed by atoms with Gasteiger partial charge in [0.1, 0.15) is 5.60 Å². The molecule has 1 aliphatic heterocycles. The molecule has 1 aliphatic rings. The Hall–Kier alpha value is -2.92. The van der Waals surface area contributed by atoms with Crippen molar-refractivity contribution in [2.75, 3.05) is 6.61 Å². The van der Waals surface area contributed by atoms with Gasteiger partial charge in [-0.1, -0.05) is 60.7 Å². The molecule has 0 bridgehead atoms. The van der Waals surface area contributed by atoms with Gasteiger partial charge in [-0.05, 0) is 56.7 Å². The minimum Gasteiger partial charge on any atom is -0.443 e. The third kappa shape index (κ3) is 5.36. The molecule has 1 heterocycles. The second kappa shape index (κ2) is 9.26. The maximum atomic E-state index is 12.9. The van der Waals surface area contributed by atoms with Gasteiger partial charge >= 0.3 is 6.09 Å². The molecule has 5 heteroatoms. The molecule has 158 valence electrons. The van der Waals surface area contributed by atoms with Crippen LogP contribution < -0.4 is 0 Å². The van der Waals surface area contributed by atoms with Crippen molar-refractivity contribution >= 4 is 12.0 Å². The summed E-state index contributed by atoms with van der Waals surface area (Å²) in [5.74, 6) is -0.330. The molecule has 1 unspecified atom stereocenters. The molecule has 1 N–H and O–H groups in total. The van der Waals surface area contributed by atoms with Crippen molar-refractivity contribution in [1.82, 2.24) is 4.90 Å². The number of imide groups is 1. The van der Waals surface area contributed by atoms with Crippen molar-refractivity contribution in [3.63, 3.8) is 0 Å². The Bertz CT molecular complexity index is 910. The van der Waals surface area contributed by atoms with Gasteiger partial charge in [0.25, 0.3) is 5.91 Å². The maximum Gasteiger partial charge on any atom is 0.417 e. The number of hydrogen-bond acceptors (Lipinski definition) is 4. The molecule has 0 aromatic heterocycles. The van der Waals surface area contributed by atoms with Crippen LogP contribution >= 0.6 is 0 Å². The Balaban J connectivity index is 1.80. The van der Waals surface area contributed by atoms with Gasteiger partial charge in [0, 0.05) is 12.2 Å². The Morgan fingerprint density at radius 3 is 2.33 bits per heavy atom. The molecule has 1 saturated heterocycles. The van der Waals surface area contributed by atoms with Gasteiger partial charge in [-0.25, -0.2) is 9.69 Å². The van der Waals surface area contributed by atoms with E-state index in [1.54, 1.807) is 26.8 Å². The number of carbonyl (C=O) groups excluding carboxylic acids is 2. The fraction of sp³-hybridized carbons (Fsp3) is 0.360. The van der Waals surface area contributed by atoms with Crippen LogP contribution in [0.1, 0.15) is 39.2 Å².